The highest BCUT2D eigenvalue weighted by molar-refractivity contribution is 9.10. The molecule has 84 valence electrons. The number of anilines is 1. The van der Waals surface area contributed by atoms with Gasteiger partial charge in [-0.15, -0.1) is 0 Å². The molecule has 1 atom stereocenters. The van der Waals surface area contributed by atoms with E-state index >= 15 is 0 Å². The molecule has 2 N–H and O–H groups in total. The third-order valence-corrected chi connectivity index (χ3v) is 3.65. The molecule has 0 aromatic heterocycles. The molecular weight excluding hydrogens is 268 g/mol. The number of rotatable bonds is 3. The molecule has 3 rings (SSSR count). The minimum Gasteiger partial charge on any atom is -0.324 e. The van der Waals surface area contributed by atoms with Crippen molar-refractivity contribution in [2.45, 2.75) is 18.9 Å². The fourth-order valence-electron chi connectivity index (χ4n) is 2.04. The lowest BCUT2D eigenvalue weighted by Crippen LogP contribution is -2.29. The maximum atomic E-state index is 11.8. The van der Waals surface area contributed by atoms with Crippen LogP contribution in [0.3, 0.4) is 0 Å². The van der Waals surface area contributed by atoms with Gasteiger partial charge in [-0.2, -0.15) is 0 Å². The summed E-state index contributed by atoms with van der Waals surface area (Å²) in [5, 5.41) is 6.24. The molecule has 4 heteroatoms. The summed E-state index contributed by atoms with van der Waals surface area (Å²) in [4.78, 5) is 11.8. The van der Waals surface area contributed by atoms with Crippen LogP contribution in [0, 0.1) is 5.92 Å². The van der Waals surface area contributed by atoms with Crippen LogP contribution in [0.15, 0.2) is 22.7 Å². The third-order valence-electron chi connectivity index (χ3n) is 3.15. The number of hydrogen-bond donors (Lipinski definition) is 2. The largest absolute Gasteiger partial charge is 0.324 e. The van der Waals surface area contributed by atoms with Crippen molar-refractivity contribution in [1.82, 2.24) is 5.32 Å². The summed E-state index contributed by atoms with van der Waals surface area (Å²) >= 11 is 3.41. The normalized spacial score (nSPS) is 23.1. The summed E-state index contributed by atoms with van der Waals surface area (Å²) in [6, 6.07) is 5.77. The van der Waals surface area contributed by atoms with Crippen molar-refractivity contribution in [1.29, 1.82) is 0 Å². The van der Waals surface area contributed by atoms with Gasteiger partial charge in [-0.25, -0.2) is 0 Å². The van der Waals surface area contributed by atoms with Crippen molar-refractivity contribution in [3.05, 3.63) is 28.2 Å². The zero-order valence-corrected chi connectivity index (χ0v) is 10.4. The second-order valence-corrected chi connectivity index (χ2v) is 5.42. The predicted octanol–water partition coefficient (Wildman–Crippen LogP) is 2.44. The molecule has 1 aromatic rings. The summed E-state index contributed by atoms with van der Waals surface area (Å²) in [6.45, 7) is 0.952. The Bertz CT molecular complexity index is 443. The highest BCUT2D eigenvalue weighted by atomic mass is 79.9. The Hall–Kier alpha value is -0.870. The molecule has 1 unspecified atom stereocenters. The lowest BCUT2D eigenvalue weighted by molar-refractivity contribution is -0.117. The summed E-state index contributed by atoms with van der Waals surface area (Å²) in [5.74, 6) is 0.848. The maximum Gasteiger partial charge on any atom is 0.246 e. The molecule has 1 aliphatic carbocycles. The van der Waals surface area contributed by atoms with E-state index in [0.29, 0.717) is 0 Å². The minimum absolute atomic E-state index is 0.0637. The van der Waals surface area contributed by atoms with Gasteiger partial charge in [0.1, 0.15) is 6.04 Å². The molecule has 1 fully saturated rings. The summed E-state index contributed by atoms with van der Waals surface area (Å²) in [6.07, 6.45) is 2.60. The van der Waals surface area contributed by atoms with Crippen LogP contribution in [0.1, 0.15) is 24.4 Å². The Labute approximate surface area is 103 Å². The van der Waals surface area contributed by atoms with Crippen LogP contribution in [-0.2, 0) is 4.79 Å². The van der Waals surface area contributed by atoms with Crippen molar-refractivity contribution in [3.8, 4) is 0 Å². The number of carbonyl (C=O) groups excluding carboxylic acids is 1. The van der Waals surface area contributed by atoms with Gasteiger partial charge >= 0.3 is 0 Å². The summed E-state index contributed by atoms with van der Waals surface area (Å²) in [7, 11) is 0. The van der Waals surface area contributed by atoms with E-state index in [1.165, 1.54) is 12.8 Å². The molecule has 2 aliphatic rings. The lowest BCUT2D eigenvalue weighted by Gasteiger charge is -2.10. The van der Waals surface area contributed by atoms with Crippen LogP contribution in [-0.4, -0.2) is 12.5 Å². The van der Waals surface area contributed by atoms with Crippen LogP contribution in [0.25, 0.3) is 0 Å². The Morgan fingerprint density at radius 1 is 1.44 bits per heavy atom. The number of benzene rings is 1. The highest BCUT2D eigenvalue weighted by Crippen LogP contribution is 2.34. The van der Waals surface area contributed by atoms with E-state index in [9.17, 15) is 4.79 Å². The molecule has 0 saturated heterocycles. The molecule has 1 aromatic carbocycles. The Morgan fingerprint density at radius 2 is 2.25 bits per heavy atom. The quantitative estimate of drug-likeness (QED) is 0.893. The fraction of sp³-hybridized carbons (Fsp3) is 0.417. The standard InChI is InChI=1S/C12H13BrN2O/c13-8-3-4-9-10(5-8)15-12(16)11(9)14-6-7-1-2-7/h3-5,7,11,14H,1-2,6H2,(H,15,16). The number of amides is 1. The van der Waals surface area contributed by atoms with Crippen molar-refractivity contribution < 1.29 is 4.79 Å². The Balaban J connectivity index is 1.81. The highest BCUT2D eigenvalue weighted by Gasteiger charge is 2.32. The number of carbonyl (C=O) groups is 1. The Morgan fingerprint density at radius 3 is 3.00 bits per heavy atom. The van der Waals surface area contributed by atoms with E-state index in [2.05, 4.69) is 26.6 Å². The van der Waals surface area contributed by atoms with Gasteiger partial charge in [-0.3, -0.25) is 4.79 Å². The van der Waals surface area contributed by atoms with Gasteiger partial charge < -0.3 is 10.6 Å². The van der Waals surface area contributed by atoms with Gasteiger partial charge in [0.2, 0.25) is 5.91 Å². The van der Waals surface area contributed by atoms with Crippen molar-refractivity contribution in [2.75, 3.05) is 11.9 Å². The molecular formula is C12H13BrN2O. The van der Waals surface area contributed by atoms with Gasteiger partial charge in [0.15, 0.2) is 0 Å². The average molecular weight is 281 g/mol. The minimum atomic E-state index is -0.163. The van der Waals surface area contributed by atoms with Gasteiger partial charge in [-0.05, 0) is 37.4 Å². The van der Waals surface area contributed by atoms with Crippen molar-refractivity contribution in [2.24, 2.45) is 5.92 Å². The first kappa shape index (κ1) is 10.3. The second-order valence-electron chi connectivity index (χ2n) is 4.51. The van der Waals surface area contributed by atoms with E-state index in [-0.39, 0.29) is 11.9 Å². The first-order valence-electron chi connectivity index (χ1n) is 5.58. The first-order valence-corrected chi connectivity index (χ1v) is 6.37. The van der Waals surface area contributed by atoms with Crippen molar-refractivity contribution >= 4 is 27.5 Å². The van der Waals surface area contributed by atoms with Gasteiger partial charge in [0, 0.05) is 15.7 Å². The van der Waals surface area contributed by atoms with Gasteiger partial charge in [0.05, 0.1) is 0 Å². The summed E-state index contributed by atoms with van der Waals surface area (Å²) in [5.41, 5.74) is 1.99. The fourth-order valence-corrected chi connectivity index (χ4v) is 2.40. The second kappa shape index (κ2) is 3.86. The van der Waals surface area contributed by atoms with Crippen molar-refractivity contribution in [3.63, 3.8) is 0 Å². The van der Waals surface area contributed by atoms with Gasteiger partial charge in [-0.1, -0.05) is 22.0 Å². The smallest absolute Gasteiger partial charge is 0.246 e. The summed E-state index contributed by atoms with van der Waals surface area (Å²) < 4.78 is 0.995. The van der Waals surface area contributed by atoms with Gasteiger partial charge in [0.25, 0.3) is 0 Å². The third kappa shape index (κ3) is 1.87. The van der Waals surface area contributed by atoms with E-state index in [1.807, 2.05) is 18.2 Å². The number of nitrogens with one attached hydrogen (secondary N) is 2. The molecule has 1 saturated carbocycles. The number of halogens is 1. The van der Waals surface area contributed by atoms with E-state index < -0.39 is 0 Å². The molecule has 16 heavy (non-hydrogen) atoms. The number of hydrogen-bond acceptors (Lipinski definition) is 2. The average Bonchev–Trinajstić information content (AvgIpc) is 3.00. The molecule has 0 spiro atoms. The predicted molar refractivity (Wildman–Crippen MR) is 66.2 cm³/mol. The molecule has 0 radical (unpaired) electrons. The van der Waals surface area contributed by atoms with Crippen LogP contribution in [0.4, 0.5) is 5.69 Å². The monoisotopic (exact) mass is 280 g/mol. The molecule has 1 heterocycles. The molecule has 1 aliphatic heterocycles. The first-order chi connectivity index (χ1) is 7.74. The molecule has 3 nitrogen and oxygen atoms in total. The lowest BCUT2D eigenvalue weighted by atomic mass is 10.1. The van der Waals surface area contributed by atoms with Crippen LogP contribution in [0.5, 0.6) is 0 Å². The zero-order valence-electron chi connectivity index (χ0n) is 8.79. The van der Waals surface area contributed by atoms with Crippen LogP contribution < -0.4 is 10.6 Å². The van der Waals surface area contributed by atoms with E-state index in [0.717, 1.165) is 28.2 Å². The Kier molecular flexibility index (Phi) is 2.48. The zero-order chi connectivity index (χ0) is 11.1. The van der Waals surface area contributed by atoms with E-state index in [4.69, 9.17) is 0 Å². The SMILES string of the molecule is O=C1Nc2cc(Br)ccc2C1NCC1CC1. The van der Waals surface area contributed by atoms with Crippen LogP contribution >= 0.6 is 15.9 Å². The molecule has 0 bridgehead atoms. The molecule has 1 amide bonds. The maximum absolute atomic E-state index is 11.8. The topological polar surface area (TPSA) is 41.1 Å². The van der Waals surface area contributed by atoms with Crippen LogP contribution in [0.2, 0.25) is 0 Å². The van der Waals surface area contributed by atoms with E-state index in [1.54, 1.807) is 0 Å². The number of fused-ring (bicyclic) bond motifs is 1.